The van der Waals surface area contributed by atoms with Crippen LogP contribution < -0.4 is 5.73 Å². The van der Waals surface area contributed by atoms with Gasteiger partial charge < -0.3 is 10.3 Å². The van der Waals surface area contributed by atoms with Crippen molar-refractivity contribution in [3.8, 4) is 0 Å². The Labute approximate surface area is 127 Å². The van der Waals surface area contributed by atoms with E-state index in [-0.39, 0.29) is 6.04 Å². The summed E-state index contributed by atoms with van der Waals surface area (Å²) in [6, 6.07) is 0.190. The van der Waals surface area contributed by atoms with E-state index >= 15 is 0 Å². The number of rotatable bonds is 3. The van der Waals surface area contributed by atoms with Crippen LogP contribution in [0.15, 0.2) is 11.6 Å². The molecular weight excluding hydrogens is 282 g/mol. The van der Waals surface area contributed by atoms with Gasteiger partial charge in [-0.1, -0.05) is 6.92 Å². The Hall–Kier alpha value is -1.95. The number of nitrogens with two attached hydrogens (primary N) is 1. The van der Waals surface area contributed by atoms with Gasteiger partial charge in [-0.3, -0.25) is 0 Å². The van der Waals surface area contributed by atoms with Crippen LogP contribution in [-0.2, 0) is 0 Å². The van der Waals surface area contributed by atoms with Crippen molar-refractivity contribution < 1.29 is 0 Å². The standard InChI is InChI=1S/C15H19N5S/c1-5-11(15-17-6-7-21-15)20-9(3)8(2)12-13(16)18-10(4)19-14(12)20/h6-7,11H,5H2,1-4H3,(H2,16,18,19). The molecule has 3 heterocycles. The molecule has 0 aliphatic carbocycles. The van der Waals surface area contributed by atoms with Crippen molar-refractivity contribution in [3.63, 3.8) is 0 Å². The lowest BCUT2D eigenvalue weighted by Gasteiger charge is -2.18. The van der Waals surface area contributed by atoms with Gasteiger partial charge >= 0.3 is 0 Å². The SMILES string of the molecule is CCC(c1nccs1)n1c(C)c(C)c2c(N)nc(C)nc21. The van der Waals surface area contributed by atoms with Crippen LogP contribution in [0.3, 0.4) is 0 Å². The van der Waals surface area contributed by atoms with Crippen LogP contribution in [0.1, 0.15) is 41.5 Å². The van der Waals surface area contributed by atoms with Gasteiger partial charge in [0.15, 0.2) is 0 Å². The molecule has 0 saturated carbocycles. The van der Waals surface area contributed by atoms with Crippen LogP contribution in [0.2, 0.25) is 0 Å². The predicted molar refractivity (Wildman–Crippen MR) is 86.7 cm³/mol. The summed E-state index contributed by atoms with van der Waals surface area (Å²) in [6.07, 6.45) is 2.81. The summed E-state index contributed by atoms with van der Waals surface area (Å²) in [7, 11) is 0. The molecule has 3 rings (SSSR count). The number of aromatic nitrogens is 4. The molecule has 1 atom stereocenters. The number of aryl methyl sites for hydroxylation is 2. The van der Waals surface area contributed by atoms with Crippen LogP contribution in [0, 0.1) is 20.8 Å². The summed E-state index contributed by atoms with van der Waals surface area (Å²) in [5.41, 5.74) is 9.37. The van der Waals surface area contributed by atoms with E-state index in [0.29, 0.717) is 11.6 Å². The summed E-state index contributed by atoms with van der Waals surface area (Å²) in [4.78, 5) is 13.4. The zero-order valence-corrected chi connectivity index (χ0v) is 13.5. The average Bonchev–Trinajstić information content (AvgIpc) is 3.03. The Morgan fingerprint density at radius 3 is 2.67 bits per heavy atom. The molecule has 0 spiro atoms. The molecule has 3 aromatic rings. The third-order valence-electron chi connectivity index (χ3n) is 3.97. The second-order valence-corrected chi connectivity index (χ2v) is 6.16. The maximum absolute atomic E-state index is 6.12. The number of thiazole rings is 1. The quantitative estimate of drug-likeness (QED) is 0.805. The van der Waals surface area contributed by atoms with E-state index in [1.54, 1.807) is 11.3 Å². The van der Waals surface area contributed by atoms with Crippen molar-refractivity contribution in [1.82, 2.24) is 19.5 Å². The van der Waals surface area contributed by atoms with Crippen LogP contribution >= 0.6 is 11.3 Å². The topological polar surface area (TPSA) is 69.6 Å². The summed E-state index contributed by atoms with van der Waals surface area (Å²) in [6.45, 7) is 8.24. The Bertz CT molecular complexity index is 788. The van der Waals surface area contributed by atoms with E-state index in [9.17, 15) is 0 Å². The van der Waals surface area contributed by atoms with Gasteiger partial charge in [-0.15, -0.1) is 11.3 Å². The second-order valence-electron chi connectivity index (χ2n) is 5.23. The molecule has 0 saturated heterocycles. The van der Waals surface area contributed by atoms with Crippen molar-refractivity contribution in [2.24, 2.45) is 0 Å². The van der Waals surface area contributed by atoms with Crippen LogP contribution in [-0.4, -0.2) is 19.5 Å². The molecule has 6 heteroatoms. The molecule has 0 aliphatic heterocycles. The van der Waals surface area contributed by atoms with Crippen molar-refractivity contribution in [2.75, 3.05) is 5.73 Å². The van der Waals surface area contributed by atoms with Crippen molar-refractivity contribution in [3.05, 3.63) is 33.7 Å². The first-order chi connectivity index (χ1) is 10.0. The first kappa shape index (κ1) is 14.0. The molecule has 0 fully saturated rings. The Morgan fingerprint density at radius 2 is 2.05 bits per heavy atom. The molecule has 0 aliphatic rings. The number of hydrogen-bond acceptors (Lipinski definition) is 5. The monoisotopic (exact) mass is 301 g/mol. The maximum Gasteiger partial charge on any atom is 0.146 e. The van der Waals surface area contributed by atoms with E-state index in [1.165, 1.54) is 5.69 Å². The van der Waals surface area contributed by atoms with Gasteiger partial charge in [0.1, 0.15) is 22.3 Å². The Balaban J connectivity index is 2.34. The van der Waals surface area contributed by atoms with Gasteiger partial charge in [-0.2, -0.15) is 0 Å². The molecule has 21 heavy (non-hydrogen) atoms. The van der Waals surface area contributed by atoms with Crippen LogP contribution in [0.4, 0.5) is 5.82 Å². The highest BCUT2D eigenvalue weighted by Gasteiger charge is 2.23. The van der Waals surface area contributed by atoms with Gasteiger partial charge in [0.2, 0.25) is 0 Å². The van der Waals surface area contributed by atoms with E-state index in [4.69, 9.17) is 5.73 Å². The highest BCUT2D eigenvalue weighted by Crippen LogP contribution is 2.34. The maximum atomic E-state index is 6.12. The average molecular weight is 301 g/mol. The van der Waals surface area contributed by atoms with Crippen molar-refractivity contribution in [2.45, 2.75) is 40.2 Å². The third kappa shape index (κ3) is 2.10. The third-order valence-corrected chi connectivity index (χ3v) is 4.85. The molecule has 0 aromatic carbocycles. The minimum Gasteiger partial charge on any atom is -0.383 e. The summed E-state index contributed by atoms with van der Waals surface area (Å²) >= 11 is 1.68. The Morgan fingerprint density at radius 1 is 1.29 bits per heavy atom. The first-order valence-corrected chi connectivity index (χ1v) is 7.93. The second kappa shape index (κ2) is 5.11. The van der Waals surface area contributed by atoms with Crippen molar-refractivity contribution >= 4 is 28.2 Å². The minimum absolute atomic E-state index is 0.190. The van der Waals surface area contributed by atoms with Gasteiger partial charge in [-0.25, -0.2) is 15.0 Å². The van der Waals surface area contributed by atoms with E-state index in [1.807, 2.05) is 18.5 Å². The molecule has 2 N–H and O–H groups in total. The van der Waals surface area contributed by atoms with Gasteiger partial charge in [0.05, 0.1) is 11.4 Å². The smallest absolute Gasteiger partial charge is 0.146 e. The van der Waals surface area contributed by atoms with Crippen LogP contribution in [0.25, 0.3) is 11.0 Å². The molecule has 110 valence electrons. The summed E-state index contributed by atoms with van der Waals surface area (Å²) in [5.74, 6) is 1.26. The fourth-order valence-electron chi connectivity index (χ4n) is 2.88. The number of fused-ring (bicyclic) bond motifs is 1. The zero-order valence-electron chi connectivity index (χ0n) is 12.7. The van der Waals surface area contributed by atoms with Gasteiger partial charge in [-0.05, 0) is 32.8 Å². The number of nitrogen functional groups attached to an aromatic ring is 1. The van der Waals surface area contributed by atoms with E-state index in [0.717, 1.165) is 28.0 Å². The molecule has 5 nitrogen and oxygen atoms in total. The minimum atomic E-state index is 0.190. The normalized spacial score (nSPS) is 13.0. The molecule has 3 aromatic heterocycles. The number of hydrogen-bond donors (Lipinski definition) is 1. The highest BCUT2D eigenvalue weighted by atomic mass is 32.1. The first-order valence-electron chi connectivity index (χ1n) is 7.05. The molecular formula is C15H19N5S. The van der Waals surface area contributed by atoms with Crippen LogP contribution in [0.5, 0.6) is 0 Å². The number of nitrogens with zero attached hydrogens (tertiary/aromatic N) is 4. The summed E-state index contributed by atoms with van der Waals surface area (Å²) in [5, 5.41) is 4.08. The zero-order chi connectivity index (χ0) is 15.1. The lowest BCUT2D eigenvalue weighted by atomic mass is 10.2. The number of anilines is 1. The van der Waals surface area contributed by atoms with Gasteiger partial charge in [0, 0.05) is 17.3 Å². The largest absolute Gasteiger partial charge is 0.383 e. The molecule has 0 amide bonds. The fourth-order valence-corrected chi connectivity index (χ4v) is 3.69. The van der Waals surface area contributed by atoms with E-state index in [2.05, 4.69) is 40.3 Å². The molecule has 0 bridgehead atoms. The highest BCUT2D eigenvalue weighted by molar-refractivity contribution is 7.09. The van der Waals surface area contributed by atoms with Gasteiger partial charge in [0.25, 0.3) is 0 Å². The predicted octanol–water partition coefficient (Wildman–Crippen LogP) is 3.39. The van der Waals surface area contributed by atoms with Crippen molar-refractivity contribution in [1.29, 1.82) is 0 Å². The summed E-state index contributed by atoms with van der Waals surface area (Å²) < 4.78 is 2.26. The lowest BCUT2D eigenvalue weighted by Crippen LogP contribution is -2.12. The Kier molecular flexibility index (Phi) is 3.41. The van der Waals surface area contributed by atoms with E-state index < -0.39 is 0 Å². The molecule has 1 unspecified atom stereocenters. The molecule has 0 radical (unpaired) electrons. The lowest BCUT2D eigenvalue weighted by molar-refractivity contribution is 0.564. The fraction of sp³-hybridized carbons (Fsp3) is 0.400.